The lowest BCUT2D eigenvalue weighted by Crippen LogP contribution is -2.23. The number of aryl methyl sites for hydroxylation is 2. The molecule has 0 saturated carbocycles. The minimum atomic E-state index is 0.0668. The minimum Gasteiger partial charge on any atom is -0.350 e. The first kappa shape index (κ1) is 14.2. The Labute approximate surface area is 119 Å². The van der Waals surface area contributed by atoms with Crippen LogP contribution in [0.25, 0.3) is 0 Å². The third-order valence-electron chi connectivity index (χ3n) is 3.01. The number of rotatable bonds is 6. The first-order valence-electron chi connectivity index (χ1n) is 6.83. The molecule has 0 aliphatic heterocycles. The molecule has 20 heavy (non-hydrogen) atoms. The molecule has 0 fully saturated rings. The molecule has 4 nitrogen and oxygen atoms in total. The summed E-state index contributed by atoms with van der Waals surface area (Å²) in [6.07, 6.45) is 4.04. The van der Waals surface area contributed by atoms with Gasteiger partial charge in [-0.2, -0.15) is 0 Å². The van der Waals surface area contributed by atoms with Crippen molar-refractivity contribution >= 4 is 5.91 Å². The van der Waals surface area contributed by atoms with Crippen molar-refractivity contribution in [2.75, 3.05) is 0 Å². The number of carbonyl (C=O) groups is 1. The molecule has 0 aliphatic carbocycles. The van der Waals surface area contributed by atoms with Crippen molar-refractivity contribution in [1.82, 2.24) is 15.3 Å². The van der Waals surface area contributed by atoms with Crippen molar-refractivity contribution in [3.05, 3.63) is 59.7 Å². The van der Waals surface area contributed by atoms with Gasteiger partial charge in [-0.3, -0.25) is 4.79 Å². The van der Waals surface area contributed by atoms with Crippen LogP contribution in [0, 0.1) is 6.92 Å². The molecule has 0 saturated heterocycles. The SMILES string of the molecule is Cc1nccc(CNC(=O)CCCc2ccccc2)n1. The lowest BCUT2D eigenvalue weighted by Gasteiger charge is -2.05. The summed E-state index contributed by atoms with van der Waals surface area (Å²) in [6.45, 7) is 2.30. The maximum atomic E-state index is 11.7. The number of benzene rings is 1. The quantitative estimate of drug-likeness (QED) is 0.876. The number of nitrogens with one attached hydrogen (secondary N) is 1. The van der Waals surface area contributed by atoms with E-state index in [1.165, 1.54) is 5.56 Å². The molecule has 2 rings (SSSR count). The number of amides is 1. The van der Waals surface area contributed by atoms with Crippen molar-refractivity contribution < 1.29 is 4.79 Å². The fourth-order valence-corrected chi connectivity index (χ4v) is 1.98. The minimum absolute atomic E-state index is 0.0668. The Morgan fingerprint density at radius 3 is 2.75 bits per heavy atom. The molecule has 1 N–H and O–H groups in total. The van der Waals surface area contributed by atoms with Crippen molar-refractivity contribution in [2.24, 2.45) is 0 Å². The molecular formula is C16H19N3O. The maximum Gasteiger partial charge on any atom is 0.220 e. The standard InChI is InChI=1S/C16H19N3O/c1-13-17-11-10-15(19-13)12-18-16(20)9-5-8-14-6-3-2-4-7-14/h2-4,6-7,10-11H,5,8-9,12H2,1H3,(H,18,20). The highest BCUT2D eigenvalue weighted by molar-refractivity contribution is 5.75. The van der Waals surface area contributed by atoms with Crippen LogP contribution in [0.3, 0.4) is 0 Å². The van der Waals surface area contributed by atoms with Crippen LogP contribution in [-0.4, -0.2) is 15.9 Å². The van der Waals surface area contributed by atoms with E-state index in [0.717, 1.165) is 24.4 Å². The zero-order chi connectivity index (χ0) is 14.2. The summed E-state index contributed by atoms with van der Waals surface area (Å²) in [7, 11) is 0. The number of hydrogen-bond acceptors (Lipinski definition) is 3. The Kier molecular flexibility index (Phi) is 5.24. The topological polar surface area (TPSA) is 54.9 Å². The Balaban J connectivity index is 1.68. The van der Waals surface area contributed by atoms with E-state index in [0.29, 0.717) is 13.0 Å². The van der Waals surface area contributed by atoms with Crippen LogP contribution in [0.5, 0.6) is 0 Å². The van der Waals surface area contributed by atoms with E-state index in [9.17, 15) is 4.79 Å². The number of nitrogens with zero attached hydrogens (tertiary/aromatic N) is 2. The average molecular weight is 269 g/mol. The molecule has 104 valence electrons. The molecule has 0 atom stereocenters. The fraction of sp³-hybridized carbons (Fsp3) is 0.312. The smallest absolute Gasteiger partial charge is 0.220 e. The summed E-state index contributed by atoms with van der Waals surface area (Å²) in [5, 5.41) is 2.88. The second-order valence-electron chi connectivity index (χ2n) is 4.71. The normalized spacial score (nSPS) is 10.2. The molecule has 2 aromatic rings. The van der Waals surface area contributed by atoms with Crippen molar-refractivity contribution in [3.63, 3.8) is 0 Å². The largest absolute Gasteiger partial charge is 0.350 e. The summed E-state index contributed by atoms with van der Waals surface area (Å²) >= 11 is 0. The molecule has 0 bridgehead atoms. The van der Waals surface area contributed by atoms with Gasteiger partial charge in [0.2, 0.25) is 5.91 Å². The van der Waals surface area contributed by atoms with E-state index in [1.54, 1.807) is 6.20 Å². The monoisotopic (exact) mass is 269 g/mol. The van der Waals surface area contributed by atoms with Gasteiger partial charge in [0.1, 0.15) is 5.82 Å². The highest BCUT2D eigenvalue weighted by Crippen LogP contribution is 2.04. The van der Waals surface area contributed by atoms with Gasteiger partial charge >= 0.3 is 0 Å². The summed E-state index contributed by atoms with van der Waals surface area (Å²) in [4.78, 5) is 20.0. The molecule has 0 unspecified atom stereocenters. The van der Waals surface area contributed by atoms with Crippen LogP contribution in [0.15, 0.2) is 42.6 Å². The van der Waals surface area contributed by atoms with Gasteiger partial charge in [0.05, 0.1) is 12.2 Å². The maximum absolute atomic E-state index is 11.7. The van der Waals surface area contributed by atoms with Gasteiger partial charge < -0.3 is 5.32 Å². The average Bonchev–Trinajstić information content (AvgIpc) is 2.46. The first-order chi connectivity index (χ1) is 9.74. The van der Waals surface area contributed by atoms with E-state index < -0.39 is 0 Å². The molecular weight excluding hydrogens is 250 g/mol. The van der Waals surface area contributed by atoms with Crippen LogP contribution in [0.1, 0.15) is 29.9 Å². The second kappa shape index (κ2) is 7.38. The predicted octanol–water partition coefficient (Wildman–Crippen LogP) is 2.42. The number of carbonyl (C=O) groups excluding carboxylic acids is 1. The summed E-state index contributed by atoms with van der Waals surface area (Å²) < 4.78 is 0. The fourth-order valence-electron chi connectivity index (χ4n) is 1.98. The zero-order valence-electron chi connectivity index (χ0n) is 11.7. The number of aromatic nitrogens is 2. The van der Waals surface area contributed by atoms with Gasteiger partial charge in [0.25, 0.3) is 0 Å². The molecule has 1 heterocycles. The third kappa shape index (κ3) is 4.80. The summed E-state index contributed by atoms with van der Waals surface area (Å²) in [6, 6.07) is 12.0. The van der Waals surface area contributed by atoms with Gasteiger partial charge in [-0.1, -0.05) is 30.3 Å². The lowest BCUT2D eigenvalue weighted by molar-refractivity contribution is -0.121. The highest BCUT2D eigenvalue weighted by Gasteiger charge is 2.02. The summed E-state index contributed by atoms with van der Waals surface area (Å²) in [5.41, 5.74) is 2.11. The molecule has 0 radical (unpaired) electrons. The van der Waals surface area contributed by atoms with Gasteiger partial charge in [0, 0.05) is 12.6 Å². The molecule has 1 amide bonds. The Hall–Kier alpha value is -2.23. The van der Waals surface area contributed by atoms with E-state index in [-0.39, 0.29) is 5.91 Å². The Morgan fingerprint density at radius 2 is 2.00 bits per heavy atom. The Morgan fingerprint density at radius 1 is 1.20 bits per heavy atom. The molecule has 1 aromatic carbocycles. The van der Waals surface area contributed by atoms with Gasteiger partial charge in [-0.15, -0.1) is 0 Å². The predicted molar refractivity (Wildman–Crippen MR) is 78.0 cm³/mol. The van der Waals surface area contributed by atoms with Crippen LogP contribution < -0.4 is 5.32 Å². The van der Waals surface area contributed by atoms with Crippen LogP contribution in [0.2, 0.25) is 0 Å². The molecule has 1 aromatic heterocycles. The van der Waals surface area contributed by atoms with Crippen LogP contribution >= 0.6 is 0 Å². The van der Waals surface area contributed by atoms with Crippen molar-refractivity contribution in [1.29, 1.82) is 0 Å². The Bertz CT molecular complexity index is 555. The molecule has 4 heteroatoms. The molecule has 0 aliphatic rings. The van der Waals surface area contributed by atoms with E-state index in [1.807, 2.05) is 31.2 Å². The van der Waals surface area contributed by atoms with E-state index >= 15 is 0 Å². The van der Waals surface area contributed by atoms with Gasteiger partial charge in [-0.05, 0) is 31.4 Å². The van der Waals surface area contributed by atoms with Gasteiger partial charge in [0.15, 0.2) is 0 Å². The van der Waals surface area contributed by atoms with E-state index in [4.69, 9.17) is 0 Å². The molecule has 0 spiro atoms. The zero-order valence-corrected chi connectivity index (χ0v) is 11.7. The third-order valence-corrected chi connectivity index (χ3v) is 3.01. The van der Waals surface area contributed by atoms with Crippen LogP contribution in [-0.2, 0) is 17.8 Å². The van der Waals surface area contributed by atoms with E-state index in [2.05, 4.69) is 27.4 Å². The van der Waals surface area contributed by atoms with Gasteiger partial charge in [-0.25, -0.2) is 9.97 Å². The van der Waals surface area contributed by atoms with Crippen molar-refractivity contribution in [3.8, 4) is 0 Å². The van der Waals surface area contributed by atoms with Crippen LogP contribution in [0.4, 0.5) is 0 Å². The summed E-state index contributed by atoms with van der Waals surface area (Å²) in [5.74, 6) is 0.790. The highest BCUT2D eigenvalue weighted by atomic mass is 16.1. The second-order valence-corrected chi connectivity index (χ2v) is 4.71. The first-order valence-corrected chi connectivity index (χ1v) is 6.83. The lowest BCUT2D eigenvalue weighted by atomic mass is 10.1. The van der Waals surface area contributed by atoms with Crippen molar-refractivity contribution in [2.45, 2.75) is 32.7 Å². The number of hydrogen-bond donors (Lipinski definition) is 1.